The van der Waals surface area contributed by atoms with Crippen LogP contribution in [0.2, 0.25) is 0 Å². The van der Waals surface area contributed by atoms with Crippen molar-refractivity contribution in [1.29, 1.82) is 0 Å². The van der Waals surface area contributed by atoms with Crippen molar-refractivity contribution in [1.82, 2.24) is 4.90 Å². The number of hydrogen-bond donors (Lipinski definition) is 1. The molecular weight excluding hydrogens is 232 g/mol. The highest BCUT2D eigenvalue weighted by Crippen LogP contribution is 2.24. The summed E-state index contributed by atoms with van der Waals surface area (Å²) < 4.78 is 0. The average molecular weight is 254 g/mol. The number of amides is 1. The third-order valence-corrected chi connectivity index (χ3v) is 4.07. The van der Waals surface area contributed by atoms with Gasteiger partial charge in [0.1, 0.15) is 0 Å². The number of carbonyl (C=O) groups excluding carboxylic acids is 1. The molecule has 1 amide bonds. The molecule has 0 spiro atoms. The summed E-state index contributed by atoms with van der Waals surface area (Å²) in [6, 6.07) is 4.28. The van der Waals surface area contributed by atoms with Crippen LogP contribution in [0.4, 0.5) is 0 Å². The van der Waals surface area contributed by atoms with Crippen LogP contribution in [0.5, 0.6) is 0 Å². The molecule has 0 aliphatic heterocycles. The Morgan fingerprint density at radius 3 is 2.82 bits per heavy atom. The zero-order valence-corrected chi connectivity index (χ0v) is 11.5. The van der Waals surface area contributed by atoms with Gasteiger partial charge in [-0.15, -0.1) is 11.3 Å². The molecule has 1 unspecified atom stereocenters. The molecule has 0 fully saturated rings. The Hall–Kier alpha value is -0.870. The van der Waals surface area contributed by atoms with Gasteiger partial charge in [-0.25, -0.2) is 0 Å². The smallest absolute Gasteiger partial charge is 0.222 e. The Kier molecular flexibility index (Phi) is 6.22. The molecule has 0 saturated heterocycles. The van der Waals surface area contributed by atoms with E-state index < -0.39 is 0 Å². The number of nitrogens with zero attached hydrogens (tertiary/aromatic N) is 1. The summed E-state index contributed by atoms with van der Waals surface area (Å²) in [6.07, 6.45) is 3.63. The lowest BCUT2D eigenvalue weighted by Crippen LogP contribution is -2.28. The van der Waals surface area contributed by atoms with Gasteiger partial charge in [-0.05, 0) is 37.8 Å². The number of rotatable bonds is 7. The van der Waals surface area contributed by atoms with Crippen molar-refractivity contribution in [3.05, 3.63) is 22.4 Å². The Bertz CT molecular complexity index is 324. The van der Waals surface area contributed by atoms with Crippen molar-refractivity contribution in [2.75, 3.05) is 13.6 Å². The largest absolute Gasteiger partial charge is 0.338 e. The van der Waals surface area contributed by atoms with E-state index in [1.54, 1.807) is 11.3 Å². The first kappa shape index (κ1) is 14.2. The van der Waals surface area contributed by atoms with Crippen LogP contribution in [0.3, 0.4) is 0 Å². The monoisotopic (exact) mass is 254 g/mol. The van der Waals surface area contributed by atoms with Crippen LogP contribution < -0.4 is 5.73 Å². The zero-order valence-electron chi connectivity index (χ0n) is 10.7. The van der Waals surface area contributed by atoms with Gasteiger partial charge < -0.3 is 10.6 Å². The average Bonchev–Trinajstić information content (AvgIpc) is 2.86. The normalized spacial score (nSPS) is 12.4. The minimum Gasteiger partial charge on any atom is -0.338 e. The van der Waals surface area contributed by atoms with Gasteiger partial charge in [-0.3, -0.25) is 4.79 Å². The Labute approximate surface area is 108 Å². The molecule has 1 rings (SSSR count). The molecule has 0 bridgehead atoms. The molecular formula is C13H22N2OS. The predicted octanol–water partition coefficient (Wildman–Crippen LogP) is 2.79. The van der Waals surface area contributed by atoms with E-state index in [2.05, 4.69) is 13.0 Å². The Morgan fingerprint density at radius 1 is 1.47 bits per heavy atom. The quantitative estimate of drug-likeness (QED) is 0.761. The molecule has 0 aliphatic carbocycles. The molecule has 4 heteroatoms. The van der Waals surface area contributed by atoms with Crippen LogP contribution in [0, 0.1) is 0 Å². The summed E-state index contributed by atoms with van der Waals surface area (Å²) in [4.78, 5) is 15.0. The standard InChI is InChI=1S/C13H22N2OS/c1-11(12-7-6-10-17-12)15(2)13(16)8-4-3-5-9-14/h6-7,10-11H,3-5,8-9,14H2,1-2H3. The van der Waals surface area contributed by atoms with Crippen molar-refractivity contribution in [2.24, 2.45) is 5.73 Å². The van der Waals surface area contributed by atoms with Crippen molar-refractivity contribution >= 4 is 17.2 Å². The third-order valence-electron chi connectivity index (χ3n) is 3.02. The molecule has 96 valence electrons. The Morgan fingerprint density at radius 2 is 2.24 bits per heavy atom. The van der Waals surface area contributed by atoms with Crippen molar-refractivity contribution < 1.29 is 4.79 Å². The van der Waals surface area contributed by atoms with E-state index in [-0.39, 0.29) is 11.9 Å². The fourth-order valence-electron chi connectivity index (χ4n) is 1.71. The summed E-state index contributed by atoms with van der Waals surface area (Å²) in [7, 11) is 1.88. The van der Waals surface area contributed by atoms with Gasteiger partial charge in [0, 0.05) is 18.3 Å². The molecule has 0 saturated carbocycles. The molecule has 0 aliphatic rings. The third kappa shape index (κ3) is 4.48. The number of hydrogen-bond acceptors (Lipinski definition) is 3. The van der Waals surface area contributed by atoms with Crippen LogP contribution in [0.15, 0.2) is 17.5 Å². The zero-order chi connectivity index (χ0) is 12.7. The highest BCUT2D eigenvalue weighted by molar-refractivity contribution is 7.10. The molecule has 0 radical (unpaired) electrons. The van der Waals surface area contributed by atoms with Crippen LogP contribution in [0.1, 0.15) is 43.5 Å². The summed E-state index contributed by atoms with van der Waals surface area (Å²) in [6.45, 7) is 2.79. The van der Waals surface area contributed by atoms with E-state index >= 15 is 0 Å². The highest BCUT2D eigenvalue weighted by atomic mass is 32.1. The molecule has 1 aromatic heterocycles. The van der Waals surface area contributed by atoms with E-state index in [4.69, 9.17) is 5.73 Å². The fourth-order valence-corrected chi connectivity index (χ4v) is 2.54. The molecule has 2 N–H and O–H groups in total. The molecule has 1 aromatic rings. The second-order valence-corrected chi connectivity index (χ2v) is 5.27. The van der Waals surface area contributed by atoms with Crippen molar-refractivity contribution in [3.8, 4) is 0 Å². The number of carbonyl (C=O) groups is 1. The Balaban J connectivity index is 2.36. The van der Waals surface area contributed by atoms with Crippen molar-refractivity contribution in [3.63, 3.8) is 0 Å². The van der Waals surface area contributed by atoms with E-state index in [1.807, 2.05) is 23.4 Å². The topological polar surface area (TPSA) is 46.3 Å². The van der Waals surface area contributed by atoms with Gasteiger partial charge in [-0.1, -0.05) is 12.5 Å². The van der Waals surface area contributed by atoms with E-state index in [0.29, 0.717) is 6.42 Å². The summed E-state index contributed by atoms with van der Waals surface area (Å²) in [5.74, 6) is 0.225. The predicted molar refractivity (Wildman–Crippen MR) is 73.0 cm³/mol. The lowest BCUT2D eigenvalue weighted by molar-refractivity contribution is -0.131. The van der Waals surface area contributed by atoms with Crippen molar-refractivity contribution in [2.45, 2.75) is 38.6 Å². The molecule has 1 atom stereocenters. The lowest BCUT2D eigenvalue weighted by Gasteiger charge is -2.24. The second-order valence-electron chi connectivity index (χ2n) is 4.30. The first-order valence-electron chi connectivity index (χ1n) is 6.16. The van der Waals surface area contributed by atoms with Gasteiger partial charge >= 0.3 is 0 Å². The van der Waals surface area contributed by atoms with Gasteiger partial charge in [0.25, 0.3) is 0 Å². The lowest BCUT2D eigenvalue weighted by atomic mass is 10.1. The van der Waals surface area contributed by atoms with Crippen LogP contribution >= 0.6 is 11.3 Å². The van der Waals surface area contributed by atoms with E-state index in [9.17, 15) is 4.79 Å². The SMILES string of the molecule is CC(c1cccs1)N(C)C(=O)CCCCCN. The number of thiophene rings is 1. The maximum absolute atomic E-state index is 11.9. The van der Waals surface area contributed by atoms with E-state index in [1.165, 1.54) is 4.88 Å². The van der Waals surface area contributed by atoms with Crippen LogP contribution in [0.25, 0.3) is 0 Å². The maximum Gasteiger partial charge on any atom is 0.222 e. The van der Waals surface area contributed by atoms with Gasteiger partial charge in [0.2, 0.25) is 5.91 Å². The van der Waals surface area contributed by atoms with Gasteiger partial charge in [-0.2, -0.15) is 0 Å². The molecule has 0 aromatic carbocycles. The first-order chi connectivity index (χ1) is 8.16. The van der Waals surface area contributed by atoms with Crippen LogP contribution in [-0.4, -0.2) is 24.4 Å². The van der Waals surface area contributed by atoms with Crippen LogP contribution in [-0.2, 0) is 4.79 Å². The molecule has 1 heterocycles. The number of unbranched alkanes of at least 4 members (excludes halogenated alkanes) is 2. The number of nitrogens with two attached hydrogens (primary N) is 1. The molecule has 3 nitrogen and oxygen atoms in total. The van der Waals surface area contributed by atoms with E-state index in [0.717, 1.165) is 25.8 Å². The van der Waals surface area contributed by atoms with Gasteiger partial charge in [0.15, 0.2) is 0 Å². The molecule has 17 heavy (non-hydrogen) atoms. The summed E-state index contributed by atoms with van der Waals surface area (Å²) in [5.41, 5.74) is 5.42. The maximum atomic E-state index is 11.9. The van der Waals surface area contributed by atoms with Gasteiger partial charge in [0.05, 0.1) is 6.04 Å². The minimum atomic E-state index is 0.178. The fraction of sp³-hybridized carbons (Fsp3) is 0.615. The minimum absolute atomic E-state index is 0.178. The summed E-state index contributed by atoms with van der Waals surface area (Å²) >= 11 is 1.70. The first-order valence-corrected chi connectivity index (χ1v) is 7.04. The highest BCUT2D eigenvalue weighted by Gasteiger charge is 2.17. The summed E-state index contributed by atoms with van der Waals surface area (Å²) in [5, 5.41) is 2.05. The second kappa shape index (κ2) is 7.45.